The molecular formula is C10H23N2OP. The fourth-order valence-electron chi connectivity index (χ4n) is 1.71. The first-order valence-electron chi connectivity index (χ1n) is 5.18. The van der Waals surface area contributed by atoms with Crippen LogP contribution in [0, 0.1) is 0 Å². The third kappa shape index (κ3) is 2.46. The van der Waals surface area contributed by atoms with Crippen molar-refractivity contribution in [3.05, 3.63) is 0 Å². The Morgan fingerprint density at radius 2 is 1.14 bits per heavy atom. The first-order chi connectivity index (χ1) is 6.14. The molecule has 1 aliphatic rings. The summed E-state index contributed by atoms with van der Waals surface area (Å²) in [5.41, 5.74) is 0.140. The Kier molecular flexibility index (Phi) is 3.28. The van der Waals surface area contributed by atoms with Crippen LogP contribution in [0.15, 0.2) is 0 Å². The number of nitrogens with zero attached hydrogens (tertiary/aromatic N) is 2. The monoisotopic (exact) mass is 218 g/mol. The fraction of sp³-hybridized carbons (Fsp3) is 1.00. The highest BCUT2D eigenvalue weighted by Gasteiger charge is 2.42. The van der Waals surface area contributed by atoms with Crippen LogP contribution < -0.4 is 0 Å². The maximum atomic E-state index is 10.2. The van der Waals surface area contributed by atoms with Crippen molar-refractivity contribution in [3.8, 4) is 0 Å². The van der Waals surface area contributed by atoms with Crippen LogP contribution in [0.5, 0.6) is 0 Å². The van der Waals surface area contributed by atoms with E-state index in [4.69, 9.17) is 0 Å². The molecule has 0 unspecified atom stereocenters. The Morgan fingerprint density at radius 1 is 0.857 bits per heavy atom. The lowest BCUT2D eigenvalue weighted by atomic mass is 10.1. The second kappa shape index (κ2) is 3.71. The predicted molar refractivity (Wildman–Crippen MR) is 62.1 cm³/mol. The fourth-order valence-corrected chi connectivity index (χ4v) is 3.58. The average Bonchev–Trinajstić information content (AvgIpc) is 2.26. The second-order valence-corrected chi connectivity index (χ2v) is 7.36. The van der Waals surface area contributed by atoms with Gasteiger partial charge in [-0.25, -0.2) is 9.34 Å². The van der Waals surface area contributed by atoms with Gasteiger partial charge in [-0.1, -0.05) is 0 Å². The summed E-state index contributed by atoms with van der Waals surface area (Å²) in [5, 5.41) is 0. The Morgan fingerprint density at radius 3 is 1.29 bits per heavy atom. The molecule has 0 aromatic carbocycles. The third-order valence-electron chi connectivity index (χ3n) is 2.50. The van der Waals surface area contributed by atoms with Gasteiger partial charge in [0, 0.05) is 24.2 Å². The average molecular weight is 218 g/mol. The maximum Gasteiger partial charge on any atom is 0.186 e. The Hall–Kier alpha value is 0.310. The third-order valence-corrected chi connectivity index (χ3v) is 4.97. The molecule has 0 aromatic rings. The predicted octanol–water partition coefficient (Wildman–Crippen LogP) is 2.42. The maximum absolute atomic E-state index is 10.2. The van der Waals surface area contributed by atoms with E-state index in [9.17, 15) is 4.89 Å². The van der Waals surface area contributed by atoms with Crippen molar-refractivity contribution in [1.29, 1.82) is 0 Å². The molecule has 1 saturated heterocycles. The molecule has 0 amide bonds. The van der Waals surface area contributed by atoms with Crippen LogP contribution >= 0.6 is 8.45 Å². The highest BCUT2D eigenvalue weighted by atomic mass is 31.2. The van der Waals surface area contributed by atoms with Gasteiger partial charge in [0.05, 0.1) is 0 Å². The summed E-state index contributed by atoms with van der Waals surface area (Å²) in [6.45, 7) is 14.9. The van der Waals surface area contributed by atoms with E-state index in [-0.39, 0.29) is 11.1 Å². The normalized spacial score (nSPS) is 23.4. The molecule has 14 heavy (non-hydrogen) atoms. The minimum atomic E-state index is -1.10. The Balaban J connectivity index is 2.75. The molecule has 84 valence electrons. The molecule has 0 aromatic heterocycles. The minimum absolute atomic E-state index is 0.0699. The number of hydrogen-bond acceptors (Lipinski definition) is 3. The molecule has 1 rings (SSSR count). The Labute approximate surface area is 89.0 Å². The first kappa shape index (κ1) is 12.4. The van der Waals surface area contributed by atoms with Gasteiger partial charge < -0.3 is 4.89 Å². The van der Waals surface area contributed by atoms with Crippen LogP contribution in [-0.4, -0.2) is 38.4 Å². The van der Waals surface area contributed by atoms with E-state index in [1.54, 1.807) is 0 Å². The summed E-state index contributed by atoms with van der Waals surface area (Å²) in [5.74, 6) is 0. The molecule has 3 nitrogen and oxygen atoms in total. The van der Waals surface area contributed by atoms with Crippen molar-refractivity contribution in [2.75, 3.05) is 13.1 Å². The van der Waals surface area contributed by atoms with Gasteiger partial charge in [-0.3, -0.25) is 0 Å². The molecule has 1 fully saturated rings. The van der Waals surface area contributed by atoms with Gasteiger partial charge in [-0.2, -0.15) is 0 Å². The minimum Gasteiger partial charge on any atom is -0.347 e. The lowest BCUT2D eigenvalue weighted by Gasteiger charge is -2.38. The molecule has 1 heterocycles. The van der Waals surface area contributed by atoms with Crippen molar-refractivity contribution >= 4 is 8.45 Å². The zero-order chi connectivity index (χ0) is 11.1. The Bertz CT molecular complexity index is 185. The lowest BCUT2D eigenvalue weighted by molar-refractivity contribution is 0.263. The summed E-state index contributed by atoms with van der Waals surface area (Å²) in [6.07, 6.45) is 0. The topological polar surface area (TPSA) is 26.7 Å². The summed E-state index contributed by atoms with van der Waals surface area (Å²) in [6, 6.07) is 0. The van der Waals surface area contributed by atoms with E-state index in [2.05, 4.69) is 50.9 Å². The van der Waals surface area contributed by atoms with Crippen molar-refractivity contribution in [3.63, 3.8) is 0 Å². The highest BCUT2D eigenvalue weighted by Crippen LogP contribution is 2.52. The molecule has 4 heteroatoms. The molecule has 0 spiro atoms. The molecular weight excluding hydrogens is 195 g/mol. The van der Waals surface area contributed by atoms with Crippen molar-refractivity contribution < 1.29 is 4.89 Å². The standard InChI is InChI=1S/C10H23N2OP/c1-9(2,3)11-7-8-12(14(11)13)10(4,5)6/h13H,7-8H2,1-6H3. The van der Waals surface area contributed by atoms with Gasteiger partial charge in [0.1, 0.15) is 0 Å². The van der Waals surface area contributed by atoms with Gasteiger partial charge in [-0.15, -0.1) is 0 Å². The first-order valence-corrected chi connectivity index (χ1v) is 6.38. The molecule has 1 N–H and O–H groups in total. The summed E-state index contributed by atoms with van der Waals surface area (Å²) < 4.78 is 4.40. The van der Waals surface area contributed by atoms with Crippen LogP contribution in [0.3, 0.4) is 0 Å². The van der Waals surface area contributed by atoms with Gasteiger partial charge in [0.2, 0.25) is 0 Å². The van der Waals surface area contributed by atoms with Gasteiger partial charge in [-0.05, 0) is 41.5 Å². The van der Waals surface area contributed by atoms with E-state index in [1.807, 2.05) is 0 Å². The molecule has 0 aliphatic carbocycles. The zero-order valence-corrected chi connectivity index (χ0v) is 11.1. The van der Waals surface area contributed by atoms with E-state index in [0.717, 1.165) is 13.1 Å². The van der Waals surface area contributed by atoms with Gasteiger partial charge in [0.25, 0.3) is 0 Å². The van der Waals surface area contributed by atoms with Crippen molar-refractivity contribution in [2.45, 2.75) is 52.6 Å². The summed E-state index contributed by atoms with van der Waals surface area (Å²) in [4.78, 5) is 10.2. The van der Waals surface area contributed by atoms with Gasteiger partial charge in [0.15, 0.2) is 8.45 Å². The summed E-state index contributed by atoms with van der Waals surface area (Å²) >= 11 is 0. The number of hydrogen-bond donors (Lipinski definition) is 1. The van der Waals surface area contributed by atoms with E-state index >= 15 is 0 Å². The van der Waals surface area contributed by atoms with Crippen molar-refractivity contribution in [1.82, 2.24) is 9.34 Å². The second-order valence-electron chi connectivity index (χ2n) is 5.86. The smallest absolute Gasteiger partial charge is 0.186 e. The van der Waals surface area contributed by atoms with Crippen LogP contribution in [0.25, 0.3) is 0 Å². The van der Waals surface area contributed by atoms with Crippen LogP contribution in [-0.2, 0) is 0 Å². The quantitative estimate of drug-likeness (QED) is 0.632. The van der Waals surface area contributed by atoms with E-state index < -0.39 is 8.45 Å². The molecule has 1 aliphatic heterocycles. The van der Waals surface area contributed by atoms with Gasteiger partial charge >= 0.3 is 0 Å². The van der Waals surface area contributed by atoms with Crippen LogP contribution in [0.2, 0.25) is 0 Å². The van der Waals surface area contributed by atoms with Crippen LogP contribution in [0.1, 0.15) is 41.5 Å². The van der Waals surface area contributed by atoms with E-state index in [1.165, 1.54) is 0 Å². The molecule has 0 bridgehead atoms. The molecule has 0 atom stereocenters. The largest absolute Gasteiger partial charge is 0.347 e. The lowest BCUT2D eigenvalue weighted by Crippen LogP contribution is -2.38. The molecule has 0 radical (unpaired) electrons. The highest BCUT2D eigenvalue weighted by molar-refractivity contribution is 7.46. The zero-order valence-electron chi connectivity index (χ0n) is 10.2. The molecule has 0 saturated carbocycles. The van der Waals surface area contributed by atoms with E-state index in [0.29, 0.717) is 0 Å². The number of rotatable bonds is 0. The van der Waals surface area contributed by atoms with Crippen molar-refractivity contribution in [2.24, 2.45) is 0 Å². The van der Waals surface area contributed by atoms with Crippen LogP contribution in [0.4, 0.5) is 0 Å². The summed E-state index contributed by atoms with van der Waals surface area (Å²) in [7, 11) is -1.10. The SMILES string of the molecule is CC(C)(C)N1CCN(C(C)(C)C)P1O.